The fraction of sp³-hybridized carbons (Fsp3) is 0.840. The van der Waals surface area contributed by atoms with Crippen molar-refractivity contribution in [3.05, 3.63) is 0 Å². The van der Waals surface area contributed by atoms with Gasteiger partial charge in [0.25, 0.3) is 0 Å². The Labute approximate surface area is 208 Å². The van der Waals surface area contributed by atoms with Gasteiger partial charge in [0, 0.05) is 19.0 Å². The van der Waals surface area contributed by atoms with E-state index in [0.717, 1.165) is 12.8 Å². The molecule has 3 rings (SSSR count). The predicted molar refractivity (Wildman–Crippen MR) is 129 cm³/mol. The molecule has 0 aliphatic carbocycles. The number of amides is 3. The van der Waals surface area contributed by atoms with Crippen LogP contribution in [0.2, 0.25) is 0 Å². The van der Waals surface area contributed by atoms with Crippen LogP contribution < -0.4 is 16.0 Å². The highest BCUT2D eigenvalue weighted by molar-refractivity contribution is 5.92. The van der Waals surface area contributed by atoms with Crippen LogP contribution in [-0.2, 0) is 14.3 Å². The Balaban J connectivity index is 1.87. The third-order valence-corrected chi connectivity index (χ3v) is 7.19. The lowest BCUT2D eigenvalue weighted by Gasteiger charge is -2.31. The second kappa shape index (κ2) is 10.7. The maximum Gasteiger partial charge on any atom is 0.408 e. The summed E-state index contributed by atoms with van der Waals surface area (Å²) in [6.07, 6.45) is 2.18. The molecule has 2 unspecified atom stereocenters. The Hall–Kier alpha value is -2.38. The van der Waals surface area contributed by atoms with Crippen molar-refractivity contribution in [1.82, 2.24) is 20.9 Å². The van der Waals surface area contributed by atoms with Crippen LogP contribution >= 0.6 is 0 Å². The van der Waals surface area contributed by atoms with E-state index in [4.69, 9.17) is 4.74 Å². The number of carbonyl (C=O) groups excluding carboxylic acids is 3. The van der Waals surface area contributed by atoms with Crippen molar-refractivity contribution in [3.63, 3.8) is 0 Å². The van der Waals surface area contributed by atoms with E-state index in [1.165, 1.54) is 0 Å². The van der Waals surface area contributed by atoms with Gasteiger partial charge < -0.3 is 25.4 Å². The van der Waals surface area contributed by atoms with Crippen molar-refractivity contribution in [1.29, 1.82) is 5.26 Å². The van der Waals surface area contributed by atoms with E-state index >= 15 is 0 Å². The van der Waals surface area contributed by atoms with Crippen LogP contribution in [0.25, 0.3) is 0 Å². The Kier molecular flexibility index (Phi) is 8.32. The van der Waals surface area contributed by atoms with Gasteiger partial charge in [-0.25, -0.2) is 4.79 Å². The SMILES string of the molecule is CC1(C)C[C@H]2C(=O)N[C@H](C#N)C[C@@H]3C(O)NC[C@@H]3CCCCC(NC(=O)OC(C)(C)C)C(=O)N2C1. The molecule has 0 radical (unpaired) electrons. The molecule has 3 aliphatic rings. The van der Waals surface area contributed by atoms with Crippen LogP contribution in [0.15, 0.2) is 0 Å². The average molecular weight is 492 g/mol. The molecule has 0 bridgehead atoms. The zero-order valence-electron chi connectivity index (χ0n) is 21.6. The lowest BCUT2D eigenvalue weighted by Crippen LogP contribution is -2.55. The van der Waals surface area contributed by atoms with E-state index in [1.54, 1.807) is 25.7 Å². The van der Waals surface area contributed by atoms with Crippen LogP contribution in [-0.4, -0.2) is 71.0 Å². The molecule has 196 valence electrons. The second-order valence-corrected chi connectivity index (χ2v) is 12.0. The van der Waals surface area contributed by atoms with Crippen LogP contribution in [0.4, 0.5) is 4.79 Å². The van der Waals surface area contributed by atoms with Gasteiger partial charge in [-0.05, 0) is 57.8 Å². The number of aliphatic hydroxyl groups excluding tert-OH is 1. The minimum Gasteiger partial charge on any atom is -0.444 e. The monoisotopic (exact) mass is 491 g/mol. The number of hydrogen-bond donors (Lipinski definition) is 4. The molecule has 0 spiro atoms. The maximum atomic E-state index is 13.7. The first-order valence-corrected chi connectivity index (χ1v) is 12.7. The van der Waals surface area contributed by atoms with E-state index in [0.29, 0.717) is 38.8 Å². The second-order valence-electron chi connectivity index (χ2n) is 12.0. The molecule has 3 aliphatic heterocycles. The predicted octanol–water partition coefficient (Wildman–Crippen LogP) is 1.63. The maximum absolute atomic E-state index is 13.7. The normalized spacial score (nSPS) is 34.1. The Morgan fingerprint density at radius 2 is 1.94 bits per heavy atom. The van der Waals surface area contributed by atoms with Crippen molar-refractivity contribution in [2.75, 3.05) is 13.1 Å². The highest BCUT2D eigenvalue weighted by Gasteiger charge is 2.46. The molecule has 3 amide bonds. The molecule has 3 fully saturated rings. The van der Waals surface area contributed by atoms with Crippen molar-refractivity contribution < 1.29 is 24.2 Å². The van der Waals surface area contributed by atoms with Gasteiger partial charge in [-0.3, -0.25) is 14.9 Å². The molecule has 10 heteroatoms. The summed E-state index contributed by atoms with van der Waals surface area (Å²) in [6, 6.07) is -0.140. The highest BCUT2D eigenvalue weighted by atomic mass is 16.6. The summed E-state index contributed by atoms with van der Waals surface area (Å²) in [7, 11) is 0. The van der Waals surface area contributed by atoms with Gasteiger partial charge in [0.05, 0.1) is 6.07 Å². The van der Waals surface area contributed by atoms with Crippen molar-refractivity contribution >= 4 is 17.9 Å². The lowest BCUT2D eigenvalue weighted by atomic mass is 9.85. The van der Waals surface area contributed by atoms with E-state index in [2.05, 4.69) is 22.0 Å². The Morgan fingerprint density at radius 1 is 1.26 bits per heavy atom. The molecule has 0 aromatic carbocycles. The molecule has 35 heavy (non-hydrogen) atoms. The number of alkyl carbamates (subject to hydrolysis) is 1. The molecule has 3 heterocycles. The Bertz CT molecular complexity index is 848. The van der Waals surface area contributed by atoms with Crippen molar-refractivity contribution in [2.24, 2.45) is 17.3 Å². The molecule has 0 saturated carbocycles. The number of hydrogen-bond acceptors (Lipinski definition) is 7. The van der Waals surface area contributed by atoms with E-state index in [1.807, 2.05) is 13.8 Å². The minimum absolute atomic E-state index is 0.142. The van der Waals surface area contributed by atoms with Crippen LogP contribution in [0.3, 0.4) is 0 Å². The first-order chi connectivity index (χ1) is 16.3. The molecule has 0 aromatic heterocycles. The average Bonchev–Trinajstić information content (AvgIpc) is 3.26. The van der Waals surface area contributed by atoms with Crippen LogP contribution in [0.1, 0.15) is 73.1 Å². The third kappa shape index (κ3) is 7.07. The van der Waals surface area contributed by atoms with Crippen molar-refractivity contribution in [3.8, 4) is 6.07 Å². The largest absolute Gasteiger partial charge is 0.444 e. The number of fused-ring (bicyclic) bond motifs is 2. The van der Waals surface area contributed by atoms with E-state index < -0.39 is 36.0 Å². The lowest BCUT2D eigenvalue weighted by molar-refractivity contribution is -0.140. The minimum atomic E-state index is -0.813. The summed E-state index contributed by atoms with van der Waals surface area (Å²) < 4.78 is 5.40. The summed E-state index contributed by atoms with van der Waals surface area (Å²) in [5.41, 5.74) is -0.995. The van der Waals surface area contributed by atoms with E-state index in [9.17, 15) is 24.8 Å². The number of rotatable bonds is 1. The smallest absolute Gasteiger partial charge is 0.408 e. The summed E-state index contributed by atoms with van der Waals surface area (Å²) in [6.45, 7) is 10.3. The van der Waals surface area contributed by atoms with Gasteiger partial charge in [-0.1, -0.05) is 26.7 Å². The van der Waals surface area contributed by atoms with E-state index in [-0.39, 0.29) is 29.1 Å². The first-order valence-electron chi connectivity index (χ1n) is 12.7. The topological polar surface area (TPSA) is 144 Å². The molecular weight excluding hydrogens is 450 g/mol. The van der Waals surface area contributed by atoms with Gasteiger partial charge >= 0.3 is 6.09 Å². The summed E-state index contributed by atoms with van der Waals surface area (Å²) >= 11 is 0. The molecule has 4 N–H and O–H groups in total. The third-order valence-electron chi connectivity index (χ3n) is 7.19. The molecule has 3 saturated heterocycles. The van der Waals surface area contributed by atoms with Crippen LogP contribution in [0.5, 0.6) is 0 Å². The summed E-state index contributed by atoms with van der Waals surface area (Å²) in [5, 5.41) is 28.8. The summed E-state index contributed by atoms with van der Waals surface area (Å²) in [5.74, 6) is -0.657. The molecule has 10 nitrogen and oxygen atoms in total. The first kappa shape index (κ1) is 27.2. The number of nitrogens with one attached hydrogen (secondary N) is 3. The van der Waals surface area contributed by atoms with Gasteiger partial charge in [-0.2, -0.15) is 5.26 Å². The fourth-order valence-corrected chi connectivity index (χ4v) is 5.55. The van der Waals surface area contributed by atoms with Crippen molar-refractivity contribution in [2.45, 2.75) is 103 Å². The van der Waals surface area contributed by atoms with Gasteiger partial charge in [-0.15, -0.1) is 0 Å². The number of carbonyl (C=O) groups is 3. The fourth-order valence-electron chi connectivity index (χ4n) is 5.55. The number of ether oxygens (including phenoxy) is 1. The number of aliphatic hydroxyl groups is 1. The Morgan fingerprint density at radius 3 is 2.60 bits per heavy atom. The van der Waals surface area contributed by atoms with Gasteiger partial charge in [0.1, 0.15) is 30.0 Å². The quantitative estimate of drug-likeness (QED) is 0.436. The highest BCUT2D eigenvalue weighted by Crippen LogP contribution is 2.36. The molecular formula is C25H41N5O5. The standard InChI is InChI=1S/C25H41N5O5/c1-24(2,3)35-23(34)29-18-9-7-6-8-15-13-27-20(31)17(15)10-16(12-26)28-21(32)19-11-25(4,5)14-30(19)22(18)33/h15-20,27,31H,6-11,13-14H2,1-5H3,(H,28,32)(H,29,34)/t15-,16-,17-,18?,19-,20?/m0/s1. The zero-order valence-corrected chi connectivity index (χ0v) is 21.6. The number of nitrogens with zero attached hydrogens (tertiary/aromatic N) is 2. The van der Waals surface area contributed by atoms with Crippen LogP contribution in [0, 0.1) is 28.6 Å². The number of nitriles is 1. The van der Waals surface area contributed by atoms with Gasteiger partial charge in [0.15, 0.2) is 0 Å². The van der Waals surface area contributed by atoms with Gasteiger partial charge in [0.2, 0.25) is 11.8 Å². The summed E-state index contributed by atoms with van der Waals surface area (Å²) in [4.78, 5) is 41.1. The molecule has 0 aromatic rings. The zero-order chi connectivity index (χ0) is 26.0. The molecule has 6 atom stereocenters.